The van der Waals surface area contributed by atoms with E-state index in [4.69, 9.17) is 4.74 Å². The molecule has 1 N–H and O–H groups in total. The fourth-order valence-electron chi connectivity index (χ4n) is 1.88. The summed E-state index contributed by atoms with van der Waals surface area (Å²) in [5.74, 6) is 0.774. The van der Waals surface area contributed by atoms with Gasteiger partial charge in [0.1, 0.15) is 0 Å². The van der Waals surface area contributed by atoms with Crippen LogP contribution in [0.4, 0.5) is 0 Å². The second kappa shape index (κ2) is 9.00. The number of nitrogens with one attached hydrogen (secondary N) is 1. The van der Waals surface area contributed by atoms with E-state index in [0.717, 1.165) is 19.1 Å². The standard InChI is InChI=1S/C14H29NO/c1-13(2)12-15-10-5-3-4-6-11-16-14-8-7-9-14/h13-15H,3-12H2,1-2H3. The first-order valence-electron chi connectivity index (χ1n) is 7.11. The molecule has 0 aliphatic heterocycles. The van der Waals surface area contributed by atoms with Crippen LogP contribution in [0.2, 0.25) is 0 Å². The number of ether oxygens (including phenoxy) is 1. The lowest BCUT2D eigenvalue weighted by Crippen LogP contribution is -2.22. The summed E-state index contributed by atoms with van der Waals surface area (Å²) in [5.41, 5.74) is 0. The van der Waals surface area contributed by atoms with Crippen LogP contribution >= 0.6 is 0 Å². The van der Waals surface area contributed by atoms with Gasteiger partial charge in [-0.1, -0.05) is 26.7 Å². The van der Waals surface area contributed by atoms with E-state index >= 15 is 0 Å². The molecule has 1 aliphatic carbocycles. The van der Waals surface area contributed by atoms with Crippen LogP contribution in [0.3, 0.4) is 0 Å². The van der Waals surface area contributed by atoms with Crippen molar-refractivity contribution < 1.29 is 4.74 Å². The summed E-state index contributed by atoms with van der Waals surface area (Å²) in [6.45, 7) is 7.84. The molecule has 0 saturated heterocycles. The molecule has 0 radical (unpaired) electrons. The summed E-state index contributed by atoms with van der Waals surface area (Å²) in [6, 6.07) is 0. The van der Waals surface area contributed by atoms with Crippen molar-refractivity contribution in [2.45, 2.75) is 64.9 Å². The number of unbranched alkanes of at least 4 members (excludes halogenated alkanes) is 3. The molecule has 0 heterocycles. The fourth-order valence-corrected chi connectivity index (χ4v) is 1.88. The zero-order valence-corrected chi connectivity index (χ0v) is 11.1. The smallest absolute Gasteiger partial charge is 0.0575 e. The molecule has 0 aromatic carbocycles. The summed E-state index contributed by atoms with van der Waals surface area (Å²) in [6.07, 6.45) is 9.85. The van der Waals surface area contributed by atoms with Crippen molar-refractivity contribution in [1.82, 2.24) is 5.32 Å². The van der Waals surface area contributed by atoms with Crippen LogP contribution in [-0.2, 0) is 4.74 Å². The van der Waals surface area contributed by atoms with E-state index in [9.17, 15) is 0 Å². The van der Waals surface area contributed by atoms with Crippen molar-refractivity contribution in [3.05, 3.63) is 0 Å². The van der Waals surface area contributed by atoms with E-state index in [1.807, 2.05) is 0 Å². The maximum Gasteiger partial charge on any atom is 0.0575 e. The highest BCUT2D eigenvalue weighted by Gasteiger charge is 2.16. The number of hydrogen-bond acceptors (Lipinski definition) is 2. The van der Waals surface area contributed by atoms with Crippen LogP contribution in [0.25, 0.3) is 0 Å². The first kappa shape index (κ1) is 14.0. The molecule has 96 valence electrons. The van der Waals surface area contributed by atoms with Gasteiger partial charge in [-0.05, 0) is 51.1 Å². The van der Waals surface area contributed by atoms with Crippen molar-refractivity contribution in [3.8, 4) is 0 Å². The van der Waals surface area contributed by atoms with Crippen LogP contribution in [0, 0.1) is 5.92 Å². The zero-order valence-electron chi connectivity index (χ0n) is 11.1. The molecule has 0 aromatic rings. The molecular weight excluding hydrogens is 198 g/mol. The lowest BCUT2D eigenvalue weighted by atomic mass is 9.96. The van der Waals surface area contributed by atoms with E-state index in [0.29, 0.717) is 6.10 Å². The molecule has 1 rings (SSSR count). The molecule has 0 bridgehead atoms. The molecule has 2 heteroatoms. The van der Waals surface area contributed by atoms with Crippen molar-refractivity contribution in [3.63, 3.8) is 0 Å². The monoisotopic (exact) mass is 227 g/mol. The van der Waals surface area contributed by atoms with E-state index < -0.39 is 0 Å². The predicted molar refractivity (Wildman–Crippen MR) is 69.8 cm³/mol. The Balaban J connectivity index is 1.68. The minimum atomic E-state index is 0.618. The third-order valence-electron chi connectivity index (χ3n) is 3.21. The Bertz CT molecular complexity index is 155. The maximum atomic E-state index is 5.72. The molecule has 2 nitrogen and oxygen atoms in total. The summed E-state index contributed by atoms with van der Waals surface area (Å²) in [4.78, 5) is 0. The quantitative estimate of drug-likeness (QED) is 0.578. The fraction of sp³-hybridized carbons (Fsp3) is 1.00. The summed E-state index contributed by atoms with van der Waals surface area (Å²) in [5, 5.41) is 3.48. The normalized spacial score (nSPS) is 16.7. The van der Waals surface area contributed by atoms with Gasteiger partial charge in [-0.25, -0.2) is 0 Å². The van der Waals surface area contributed by atoms with Crippen LogP contribution in [0.1, 0.15) is 58.8 Å². The first-order chi connectivity index (χ1) is 7.79. The molecule has 1 aliphatic rings. The van der Waals surface area contributed by atoms with E-state index in [1.165, 1.54) is 51.5 Å². The van der Waals surface area contributed by atoms with Crippen molar-refractivity contribution in [1.29, 1.82) is 0 Å². The number of hydrogen-bond donors (Lipinski definition) is 1. The Morgan fingerprint density at radius 3 is 2.50 bits per heavy atom. The van der Waals surface area contributed by atoms with Gasteiger partial charge in [-0.3, -0.25) is 0 Å². The number of rotatable bonds is 10. The highest BCUT2D eigenvalue weighted by molar-refractivity contribution is 4.68. The minimum absolute atomic E-state index is 0.618. The topological polar surface area (TPSA) is 21.3 Å². The largest absolute Gasteiger partial charge is 0.378 e. The van der Waals surface area contributed by atoms with Crippen molar-refractivity contribution in [2.24, 2.45) is 5.92 Å². The third-order valence-corrected chi connectivity index (χ3v) is 3.21. The molecule has 16 heavy (non-hydrogen) atoms. The maximum absolute atomic E-state index is 5.72. The summed E-state index contributed by atoms with van der Waals surface area (Å²) < 4.78 is 5.72. The second-order valence-corrected chi connectivity index (χ2v) is 5.44. The summed E-state index contributed by atoms with van der Waals surface area (Å²) >= 11 is 0. The highest BCUT2D eigenvalue weighted by Crippen LogP contribution is 2.22. The molecule has 0 atom stereocenters. The Hall–Kier alpha value is -0.0800. The van der Waals surface area contributed by atoms with Crippen molar-refractivity contribution in [2.75, 3.05) is 19.7 Å². The molecule has 0 spiro atoms. The van der Waals surface area contributed by atoms with E-state index in [-0.39, 0.29) is 0 Å². The van der Waals surface area contributed by atoms with Gasteiger partial charge in [0.2, 0.25) is 0 Å². The lowest BCUT2D eigenvalue weighted by molar-refractivity contribution is 0.000628. The van der Waals surface area contributed by atoms with Gasteiger partial charge < -0.3 is 10.1 Å². The van der Waals surface area contributed by atoms with E-state index in [2.05, 4.69) is 19.2 Å². The molecular formula is C14H29NO. The van der Waals surface area contributed by atoms with Gasteiger partial charge in [-0.15, -0.1) is 0 Å². The van der Waals surface area contributed by atoms with Gasteiger partial charge in [0.25, 0.3) is 0 Å². The predicted octanol–water partition coefficient (Wildman–Crippen LogP) is 3.36. The Morgan fingerprint density at radius 1 is 1.12 bits per heavy atom. The lowest BCUT2D eigenvalue weighted by Gasteiger charge is -2.25. The van der Waals surface area contributed by atoms with Gasteiger partial charge in [0, 0.05) is 6.61 Å². The average Bonchev–Trinajstić information content (AvgIpc) is 2.17. The Morgan fingerprint density at radius 2 is 1.88 bits per heavy atom. The Kier molecular flexibility index (Phi) is 7.87. The Labute approximate surface area is 101 Å². The van der Waals surface area contributed by atoms with Crippen LogP contribution in [0.5, 0.6) is 0 Å². The van der Waals surface area contributed by atoms with Gasteiger partial charge in [-0.2, -0.15) is 0 Å². The van der Waals surface area contributed by atoms with Crippen molar-refractivity contribution >= 4 is 0 Å². The molecule has 0 amide bonds. The third kappa shape index (κ3) is 7.24. The van der Waals surface area contributed by atoms with Gasteiger partial charge >= 0.3 is 0 Å². The highest BCUT2D eigenvalue weighted by atomic mass is 16.5. The van der Waals surface area contributed by atoms with Crippen LogP contribution in [0.15, 0.2) is 0 Å². The van der Waals surface area contributed by atoms with E-state index in [1.54, 1.807) is 0 Å². The minimum Gasteiger partial charge on any atom is -0.378 e. The zero-order chi connectivity index (χ0) is 11.6. The molecule has 0 unspecified atom stereocenters. The summed E-state index contributed by atoms with van der Waals surface area (Å²) in [7, 11) is 0. The average molecular weight is 227 g/mol. The molecule has 1 saturated carbocycles. The first-order valence-corrected chi connectivity index (χ1v) is 7.11. The second-order valence-electron chi connectivity index (χ2n) is 5.44. The van der Waals surface area contributed by atoms with Crippen LogP contribution < -0.4 is 5.32 Å². The SMILES string of the molecule is CC(C)CNCCCCCCOC1CCC1. The molecule has 1 fully saturated rings. The molecule has 0 aromatic heterocycles. The van der Waals surface area contributed by atoms with Gasteiger partial charge in [0.05, 0.1) is 6.10 Å². The van der Waals surface area contributed by atoms with Gasteiger partial charge in [0.15, 0.2) is 0 Å². The van der Waals surface area contributed by atoms with Crippen LogP contribution in [-0.4, -0.2) is 25.8 Å².